The Morgan fingerprint density at radius 2 is 1.79 bits per heavy atom. The van der Waals surface area contributed by atoms with Gasteiger partial charge in [-0.1, -0.05) is 49.4 Å². The Hall–Kier alpha value is -1.54. The smallest absolute Gasteiger partial charge is 0.0978 e. The molecule has 1 aromatic carbocycles. The lowest BCUT2D eigenvalue weighted by Gasteiger charge is -2.22. The Bertz CT molecular complexity index is 418. The van der Waals surface area contributed by atoms with Crippen LogP contribution in [0.15, 0.2) is 48.2 Å². The summed E-state index contributed by atoms with van der Waals surface area (Å²) >= 11 is 0. The molecule has 1 aromatic rings. The maximum absolute atomic E-state index is 10.2. The van der Waals surface area contributed by atoms with Gasteiger partial charge in [-0.3, -0.25) is 0 Å². The fraction of sp³-hybridized carbons (Fsp3) is 0.412. The van der Waals surface area contributed by atoms with Crippen LogP contribution in [-0.2, 0) is 4.74 Å². The van der Waals surface area contributed by atoms with E-state index in [2.05, 4.69) is 0 Å². The van der Waals surface area contributed by atoms with E-state index < -0.39 is 6.10 Å². The van der Waals surface area contributed by atoms with E-state index in [9.17, 15) is 5.11 Å². The van der Waals surface area contributed by atoms with Crippen LogP contribution in [0.2, 0.25) is 0 Å². The van der Waals surface area contributed by atoms with Crippen LogP contribution >= 0.6 is 0 Å². The van der Waals surface area contributed by atoms with Crippen LogP contribution < -0.4 is 0 Å². The number of aliphatic hydroxyl groups is 1. The minimum Gasteiger partial charge on any atom is -0.495 e. The van der Waals surface area contributed by atoms with E-state index in [1.54, 1.807) is 0 Å². The van der Waals surface area contributed by atoms with Gasteiger partial charge in [0, 0.05) is 5.92 Å². The summed E-state index contributed by atoms with van der Waals surface area (Å²) in [6.45, 7) is 7.88. The predicted molar refractivity (Wildman–Crippen MR) is 80.6 cm³/mol. The molecule has 2 unspecified atom stereocenters. The molecule has 19 heavy (non-hydrogen) atoms. The van der Waals surface area contributed by atoms with Crippen LogP contribution in [0.3, 0.4) is 0 Å². The summed E-state index contributed by atoms with van der Waals surface area (Å²) in [5, 5.41) is 10.2. The maximum atomic E-state index is 10.2. The first-order chi connectivity index (χ1) is 9.04. The molecule has 2 atom stereocenters. The minimum atomic E-state index is -0.551. The Kier molecular flexibility index (Phi) is 6.37. The van der Waals surface area contributed by atoms with Crippen LogP contribution in [0.1, 0.15) is 33.3 Å². The highest BCUT2D eigenvalue weighted by Crippen LogP contribution is 2.19. The van der Waals surface area contributed by atoms with E-state index in [0.717, 1.165) is 11.3 Å². The van der Waals surface area contributed by atoms with Crippen molar-refractivity contribution in [3.05, 3.63) is 53.8 Å². The van der Waals surface area contributed by atoms with E-state index in [1.807, 2.05) is 76.3 Å². The molecule has 104 valence electrons. The van der Waals surface area contributed by atoms with Gasteiger partial charge in [-0.25, -0.2) is 0 Å². The molecule has 0 heterocycles. The van der Waals surface area contributed by atoms with Gasteiger partial charge in [0.15, 0.2) is 0 Å². The van der Waals surface area contributed by atoms with Gasteiger partial charge in [-0.15, -0.1) is 0 Å². The van der Waals surface area contributed by atoms with Gasteiger partial charge in [-0.05, 0) is 32.4 Å². The number of hydrogen-bond acceptors (Lipinski definition) is 2. The average molecular weight is 260 g/mol. The monoisotopic (exact) mass is 260 g/mol. The molecule has 1 N–H and O–H groups in total. The third-order valence-electron chi connectivity index (χ3n) is 2.90. The van der Waals surface area contributed by atoms with Crippen LogP contribution in [0.25, 0.3) is 6.08 Å². The fourth-order valence-corrected chi connectivity index (χ4v) is 1.82. The molecule has 0 aliphatic carbocycles. The number of aliphatic hydroxyl groups excluding tert-OH is 1. The van der Waals surface area contributed by atoms with E-state index >= 15 is 0 Å². The largest absolute Gasteiger partial charge is 0.495 e. The summed E-state index contributed by atoms with van der Waals surface area (Å²) in [7, 11) is 0. The van der Waals surface area contributed by atoms with Crippen LogP contribution in [0.4, 0.5) is 0 Å². The lowest BCUT2D eigenvalue weighted by Crippen LogP contribution is -2.20. The second-order valence-corrected chi connectivity index (χ2v) is 4.91. The summed E-state index contributed by atoms with van der Waals surface area (Å²) in [5.41, 5.74) is 1.08. The molecule has 1 rings (SSSR count). The van der Waals surface area contributed by atoms with Gasteiger partial charge >= 0.3 is 0 Å². The van der Waals surface area contributed by atoms with Gasteiger partial charge in [-0.2, -0.15) is 0 Å². The standard InChI is InChI=1S/C17H24O2/c1-5-17(19-13(2)3)14(4)16(18)12-11-15-9-7-6-8-10-15/h5-14,16,18H,1-4H3/b12-11+,17-5-. The van der Waals surface area contributed by atoms with Crippen molar-refractivity contribution in [3.63, 3.8) is 0 Å². The van der Waals surface area contributed by atoms with Gasteiger partial charge in [0.05, 0.1) is 18.0 Å². The van der Waals surface area contributed by atoms with E-state index in [4.69, 9.17) is 4.74 Å². The lowest BCUT2D eigenvalue weighted by atomic mass is 10.0. The van der Waals surface area contributed by atoms with Crippen molar-refractivity contribution in [1.82, 2.24) is 0 Å². The summed E-state index contributed by atoms with van der Waals surface area (Å²) < 4.78 is 5.70. The third-order valence-corrected chi connectivity index (χ3v) is 2.90. The first-order valence-corrected chi connectivity index (χ1v) is 6.78. The van der Waals surface area contributed by atoms with E-state index in [1.165, 1.54) is 0 Å². The summed E-state index contributed by atoms with van der Waals surface area (Å²) in [4.78, 5) is 0. The Balaban J connectivity index is 2.66. The topological polar surface area (TPSA) is 29.5 Å². The number of allylic oxidation sites excluding steroid dienone is 1. The highest BCUT2D eigenvalue weighted by atomic mass is 16.5. The second kappa shape index (κ2) is 7.80. The predicted octanol–water partition coefficient (Wildman–Crippen LogP) is 4.03. The number of hydrogen-bond donors (Lipinski definition) is 1. The van der Waals surface area contributed by atoms with Gasteiger partial charge in [0.25, 0.3) is 0 Å². The van der Waals surface area contributed by atoms with Gasteiger partial charge in [0.2, 0.25) is 0 Å². The van der Waals surface area contributed by atoms with E-state index in [0.29, 0.717) is 0 Å². The van der Waals surface area contributed by atoms with Crippen molar-refractivity contribution in [2.24, 2.45) is 5.92 Å². The molecule has 2 heteroatoms. The Labute approximate surface area is 116 Å². The Morgan fingerprint density at radius 3 is 2.32 bits per heavy atom. The molecule has 0 spiro atoms. The molecule has 0 aliphatic heterocycles. The summed E-state index contributed by atoms with van der Waals surface area (Å²) in [6.07, 6.45) is 5.24. The molecule has 0 aliphatic rings. The second-order valence-electron chi connectivity index (χ2n) is 4.91. The molecule has 0 radical (unpaired) electrons. The van der Waals surface area contributed by atoms with Crippen LogP contribution in [-0.4, -0.2) is 17.3 Å². The fourth-order valence-electron chi connectivity index (χ4n) is 1.82. The molecule has 0 saturated heterocycles. The van der Waals surface area contributed by atoms with Crippen LogP contribution in [0.5, 0.6) is 0 Å². The number of ether oxygens (including phenoxy) is 1. The molecule has 0 amide bonds. The summed E-state index contributed by atoms with van der Waals surface area (Å²) in [5.74, 6) is 0.785. The SMILES string of the molecule is C/C=C(\OC(C)C)C(C)C(O)/C=C/c1ccccc1. The molecular formula is C17H24O2. The van der Waals surface area contributed by atoms with Crippen molar-refractivity contribution in [2.75, 3.05) is 0 Å². The molecule has 0 fully saturated rings. The molecule has 0 saturated carbocycles. The van der Waals surface area contributed by atoms with Crippen molar-refractivity contribution < 1.29 is 9.84 Å². The molecule has 0 aromatic heterocycles. The number of rotatable bonds is 6. The molecular weight excluding hydrogens is 236 g/mol. The highest BCUT2D eigenvalue weighted by Gasteiger charge is 2.17. The molecule has 2 nitrogen and oxygen atoms in total. The summed E-state index contributed by atoms with van der Waals surface area (Å²) in [6, 6.07) is 9.96. The van der Waals surface area contributed by atoms with Crippen molar-refractivity contribution in [1.29, 1.82) is 0 Å². The first kappa shape index (κ1) is 15.5. The Morgan fingerprint density at radius 1 is 1.16 bits per heavy atom. The highest BCUT2D eigenvalue weighted by molar-refractivity contribution is 5.49. The quantitative estimate of drug-likeness (QED) is 0.783. The van der Waals surface area contributed by atoms with Crippen molar-refractivity contribution in [3.8, 4) is 0 Å². The first-order valence-electron chi connectivity index (χ1n) is 6.78. The van der Waals surface area contributed by atoms with Crippen molar-refractivity contribution >= 4 is 6.08 Å². The van der Waals surface area contributed by atoms with Crippen molar-refractivity contribution in [2.45, 2.75) is 39.9 Å². The van der Waals surface area contributed by atoms with Gasteiger partial charge < -0.3 is 9.84 Å². The molecule has 0 bridgehead atoms. The zero-order chi connectivity index (χ0) is 14.3. The van der Waals surface area contributed by atoms with Crippen LogP contribution in [0, 0.1) is 5.92 Å². The number of benzene rings is 1. The lowest BCUT2D eigenvalue weighted by molar-refractivity contribution is 0.0829. The minimum absolute atomic E-state index is 0.0487. The maximum Gasteiger partial charge on any atom is 0.0978 e. The van der Waals surface area contributed by atoms with E-state index in [-0.39, 0.29) is 12.0 Å². The zero-order valence-corrected chi connectivity index (χ0v) is 12.2. The zero-order valence-electron chi connectivity index (χ0n) is 12.2. The third kappa shape index (κ3) is 5.31. The van der Waals surface area contributed by atoms with Gasteiger partial charge in [0.1, 0.15) is 0 Å². The normalized spacial score (nSPS) is 15.8. The average Bonchev–Trinajstić information content (AvgIpc) is 2.42.